The summed E-state index contributed by atoms with van der Waals surface area (Å²) in [5.41, 5.74) is 6.89. The van der Waals surface area contributed by atoms with Crippen LogP contribution in [0.1, 0.15) is 24.9 Å². The number of phenolic OH excluding ortho intramolecular Hbond substituents is 1. The van der Waals surface area contributed by atoms with Crippen LogP contribution in [0.5, 0.6) is 5.75 Å². The van der Waals surface area contributed by atoms with Gasteiger partial charge >= 0.3 is 5.97 Å². The molecule has 100 valence electrons. The van der Waals surface area contributed by atoms with E-state index in [0.717, 1.165) is 16.3 Å². The van der Waals surface area contributed by atoms with E-state index in [1.165, 1.54) is 0 Å². The molecule has 2 rings (SSSR count). The molecule has 0 fully saturated rings. The number of esters is 1. The lowest BCUT2D eigenvalue weighted by Crippen LogP contribution is -2.17. The first-order valence-electron chi connectivity index (χ1n) is 6.25. The molecule has 0 aliphatic carbocycles. The van der Waals surface area contributed by atoms with Gasteiger partial charge in [0.05, 0.1) is 13.0 Å². The number of carbonyl (C=O) groups excluding carboxylic acids is 1. The van der Waals surface area contributed by atoms with Crippen molar-refractivity contribution >= 4 is 16.7 Å². The van der Waals surface area contributed by atoms with Crippen LogP contribution in [0.2, 0.25) is 0 Å². The van der Waals surface area contributed by atoms with Gasteiger partial charge in [-0.15, -0.1) is 0 Å². The molecule has 0 bridgehead atoms. The first-order valence-corrected chi connectivity index (χ1v) is 6.25. The van der Waals surface area contributed by atoms with Crippen LogP contribution >= 0.6 is 0 Å². The maximum atomic E-state index is 11.5. The third kappa shape index (κ3) is 2.85. The zero-order valence-electron chi connectivity index (χ0n) is 10.8. The van der Waals surface area contributed by atoms with Crippen molar-refractivity contribution in [2.75, 3.05) is 6.61 Å². The van der Waals surface area contributed by atoms with Crippen LogP contribution in [0.4, 0.5) is 0 Å². The van der Waals surface area contributed by atoms with E-state index in [1.807, 2.05) is 24.3 Å². The number of rotatable bonds is 4. The maximum Gasteiger partial charge on any atom is 0.307 e. The van der Waals surface area contributed by atoms with Crippen LogP contribution in [-0.2, 0) is 9.53 Å². The van der Waals surface area contributed by atoms with Gasteiger partial charge in [-0.1, -0.05) is 30.3 Å². The van der Waals surface area contributed by atoms with Gasteiger partial charge in [-0.3, -0.25) is 4.79 Å². The number of ether oxygens (including phenoxy) is 1. The van der Waals surface area contributed by atoms with Crippen LogP contribution in [0.15, 0.2) is 36.4 Å². The molecule has 1 atom stereocenters. The molecule has 0 aromatic heterocycles. The smallest absolute Gasteiger partial charge is 0.307 e. The Kier molecular flexibility index (Phi) is 4.02. The number of benzene rings is 2. The predicted molar refractivity (Wildman–Crippen MR) is 73.8 cm³/mol. The van der Waals surface area contributed by atoms with Crippen LogP contribution in [0, 0.1) is 0 Å². The van der Waals surface area contributed by atoms with Crippen molar-refractivity contribution in [3.63, 3.8) is 0 Å². The summed E-state index contributed by atoms with van der Waals surface area (Å²) >= 11 is 0. The van der Waals surface area contributed by atoms with Crippen molar-refractivity contribution < 1.29 is 14.6 Å². The van der Waals surface area contributed by atoms with Crippen LogP contribution in [0.3, 0.4) is 0 Å². The molecule has 4 nitrogen and oxygen atoms in total. The van der Waals surface area contributed by atoms with Gasteiger partial charge in [-0.2, -0.15) is 0 Å². The Balaban J connectivity index is 2.35. The van der Waals surface area contributed by atoms with E-state index < -0.39 is 6.04 Å². The number of phenols is 1. The summed E-state index contributed by atoms with van der Waals surface area (Å²) in [6.07, 6.45) is 0.128. The van der Waals surface area contributed by atoms with E-state index in [-0.39, 0.29) is 18.1 Å². The molecule has 3 N–H and O–H groups in total. The molecule has 4 heteroatoms. The fourth-order valence-electron chi connectivity index (χ4n) is 2.14. The molecule has 19 heavy (non-hydrogen) atoms. The Morgan fingerprint density at radius 3 is 2.63 bits per heavy atom. The Bertz CT molecular complexity index is 595. The number of hydrogen-bond acceptors (Lipinski definition) is 4. The average Bonchev–Trinajstić information content (AvgIpc) is 2.39. The lowest BCUT2D eigenvalue weighted by atomic mass is 9.97. The SMILES string of the molecule is CCOC(=O)C[C@@H](N)c1ccc(O)c2ccccc12. The molecule has 0 heterocycles. The van der Waals surface area contributed by atoms with Gasteiger partial charge in [0.15, 0.2) is 0 Å². The third-order valence-electron chi connectivity index (χ3n) is 3.03. The Morgan fingerprint density at radius 1 is 1.26 bits per heavy atom. The lowest BCUT2D eigenvalue weighted by molar-refractivity contribution is -0.143. The number of hydrogen-bond donors (Lipinski definition) is 2. The Morgan fingerprint density at radius 2 is 1.95 bits per heavy atom. The molecule has 0 unspecified atom stereocenters. The molecule has 0 saturated heterocycles. The zero-order chi connectivity index (χ0) is 13.8. The highest BCUT2D eigenvalue weighted by molar-refractivity contribution is 5.91. The number of fused-ring (bicyclic) bond motifs is 1. The summed E-state index contributed by atoms with van der Waals surface area (Å²) in [4.78, 5) is 11.5. The van der Waals surface area contributed by atoms with Crippen molar-refractivity contribution in [3.8, 4) is 5.75 Å². The second kappa shape index (κ2) is 5.71. The van der Waals surface area contributed by atoms with Gasteiger partial charge in [-0.05, 0) is 23.9 Å². The van der Waals surface area contributed by atoms with Gasteiger partial charge in [0, 0.05) is 11.4 Å². The first-order chi connectivity index (χ1) is 9.13. The molecule has 2 aromatic carbocycles. The van der Waals surface area contributed by atoms with E-state index in [9.17, 15) is 9.90 Å². The van der Waals surface area contributed by atoms with Gasteiger partial charge < -0.3 is 15.6 Å². The molecule has 0 aliphatic heterocycles. The molecule has 0 amide bonds. The van der Waals surface area contributed by atoms with Gasteiger partial charge in [0.2, 0.25) is 0 Å². The Labute approximate surface area is 111 Å². The molecule has 0 radical (unpaired) electrons. The van der Waals surface area contributed by atoms with Crippen molar-refractivity contribution in [1.82, 2.24) is 0 Å². The summed E-state index contributed by atoms with van der Waals surface area (Å²) in [5.74, 6) is -0.102. The minimum atomic E-state index is -0.440. The third-order valence-corrected chi connectivity index (χ3v) is 3.03. The molecular formula is C15H17NO3. The van der Waals surface area contributed by atoms with Gasteiger partial charge in [0.25, 0.3) is 0 Å². The standard InChI is InChI=1S/C15H17NO3/c1-2-19-15(18)9-13(16)11-7-8-14(17)12-6-4-3-5-10(11)12/h3-8,13,17H,2,9,16H2,1H3/t13-/m1/s1. The van der Waals surface area contributed by atoms with E-state index in [4.69, 9.17) is 10.5 Å². The highest BCUT2D eigenvalue weighted by atomic mass is 16.5. The normalized spacial score (nSPS) is 12.3. The second-order valence-electron chi connectivity index (χ2n) is 4.34. The summed E-state index contributed by atoms with van der Waals surface area (Å²) in [6, 6.07) is 10.3. The van der Waals surface area contributed by atoms with E-state index in [1.54, 1.807) is 19.1 Å². The van der Waals surface area contributed by atoms with Crippen molar-refractivity contribution in [2.24, 2.45) is 5.73 Å². The first kappa shape index (κ1) is 13.4. The predicted octanol–water partition coefficient (Wildman–Crippen LogP) is 2.50. The van der Waals surface area contributed by atoms with Crippen LogP contribution in [-0.4, -0.2) is 17.7 Å². The highest BCUT2D eigenvalue weighted by Crippen LogP contribution is 2.31. The van der Waals surface area contributed by atoms with Gasteiger partial charge in [-0.25, -0.2) is 0 Å². The summed E-state index contributed by atoms with van der Waals surface area (Å²) in [6.45, 7) is 2.11. The lowest BCUT2D eigenvalue weighted by Gasteiger charge is -2.14. The summed E-state index contributed by atoms with van der Waals surface area (Å²) in [7, 11) is 0. The topological polar surface area (TPSA) is 72.5 Å². The molecule has 2 aromatic rings. The largest absolute Gasteiger partial charge is 0.507 e. The van der Waals surface area contributed by atoms with E-state index in [2.05, 4.69) is 0 Å². The van der Waals surface area contributed by atoms with Gasteiger partial charge in [0.1, 0.15) is 5.75 Å². The number of aromatic hydroxyl groups is 1. The number of nitrogens with two attached hydrogens (primary N) is 1. The highest BCUT2D eigenvalue weighted by Gasteiger charge is 2.15. The fraction of sp³-hybridized carbons (Fsp3) is 0.267. The van der Waals surface area contributed by atoms with E-state index >= 15 is 0 Å². The second-order valence-corrected chi connectivity index (χ2v) is 4.34. The maximum absolute atomic E-state index is 11.5. The van der Waals surface area contributed by atoms with Crippen molar-refractivity contribution in [1.29, 1.82) is 0 Å². The molecular weight excluding hydrogens is 242 g/mol. The minimum Gasteiger partial charge on any atom is -0.507 e. The zero-order valence-corrected chi connectivity index (χ0v) is 10.8. The Hall–Kier alpha value is -2.07. The molecule has 0 saturated carbocycles. The van der Waals surface area contributed by atoms with Crippen molar-refractivity contribution in [2.45, 2.75) is 19.4 Å². The summed E-state index contributed by atoms with van der Waals surface area (Å²) < 4.78 is 4.90. The average molecular weight is 259 g/mol. The van der Waals surface area contributed by atoms with E-state index in [0.29, 0.717) is 6.61 Å². The quantitative estimate of drug-likeness (QED) is 0.827. The summed E-state index contributed by atoms with van der Waals surface area (Å²) in [5, 5.41) is 11.4. The fourth-order valence-corrected chi connectivity index (χ4v) is 2.14. The monoisotopic (exact) mass is 259 g/mol. The molecule has 0 aliphatic rings. The number of carbonyl (C=O) groups is 1. The van der Waals surface area contributed by atoms with Crippen LogP contribution in [0.25, 0.3) is 10.8 Å². The van der Waals surface area contributed by atoms with Crippen molar-refractivity contribution in [3.05, 3.63) is 42.0 Å². The minimum absolute atomic E-state index is 0.128. The van der Waals surface area contributed by atoms with Crippen LogP contribution < -0.4 is 5.73 Å². The molecule has 0 spiro atoms.